The molecule has 0 bridgehead atoms. The number of likely N-dealkylation sites (tertiary alicyclic amines) is 1. The number of hydrogen-bond donors (Lipinski definition) is 0. The minimum atomic E-state index is -0.00700. The number of piperidine rings is 1. The van der Waals surface area contributed by atoms with E-state index in [9.17, 15) is 9.59 Å². The number of rotatable bonds is 2. The molecule has 6 nitrogen and oxygen atoms in total. The van der Waals surface area contributed by atoms with E-state index in [4.69, 9.17) is 4.98 Å². The molecule has 2 aliphatic heterocycles. The molecule has 1 amide bonds. The van der Waals surface area contributed by atoms with Crippen LogP contribution in [0.25, 0.3) is 10.9 Å². The van der Waals surface area contributed by atoms with Gasteiger partial charge in [0.05, 0.1) is 10.9 Å². The summed E-state index contributed by atoms with van der Waals surface area (Å²) in [6, 6.07) is 7.82. The summed E-state index contributed by atoms with van der Waals surface area (Å²) in [5.41, 5.74) is 0.736. The fourth-order valence-corrected chi connectivity index (χ4v) is 3.92. The van der Waals surface area contributed by atoms with Crippen LogP contribution in [0.2, 0.25) is 0 Å². The summed E-state index contributed by atoms with van der Waals surface area (Å²) >= 11 is 0. The van der Waals surface area contributed by atoms with Gasteiger partial charge in [0.15, 0.2) is 0 Å². The lowest BCUT2D eigenvalue weighted by molar-refractivity contribution is -0.130. The molecular weight excluding hydrogens is 304 g/mol. The van der Waals surface area contributed by atoms with E-state index in [2.05, 4.69) is 4.90 Å². The zero-order chi connectivity index (χ0) is 16.7. The van der Waals surface area contributed by atoms with Crippen LogP contribution in [0.5, 0.6) is 0 Å². The number of aromatic nitrogens is 2. The zero-order valence-electron chi connectivity index (χ0n) is 13.9. The summed E-state index contributed by atoms with van der Waals surface area (Å²) in [4.78, 5) is 33.4. The van der Waals surface area contributed by atoms with Gasteiger partial charge < -0.3 is 9.80 Å². The van der Waals surface area contributed by atoms with Crippen molar-refractivity contribution in [1.29, 1.82) is 0 Å². The van der Waals surface area contributed by atoms with Crippen LogP contribution in [-0.4, -0.2) is 46.0 Å². The Hall–Kier alpha value is -2.37. The molecule has 0 N–H and O–H groups in total. The molecular formula is C18H22N4O2. The third-order valence-corrected chi connectivity index (χ3v) is 5.26. The van der Waals surface area contributed by atoms with Gasteiger partial charge in [-0.1, -0.05) is 12.1 Å². The van der Waals surface area contributed by atoms with Crippen molar-refractivity contribution in [2.24, 2.45) is 7.05 Å². The first-order valence-electron chi connectivity index (χ1n) is 8.65. The summed E-state index contributed by atoms with van der Waals surface area (Å²) in [5, 5.41) is 0.654. The lowest BCUT2D eigenvalue weighted by atomic mass is 10.0. The van der Waals surface area contributed by atoms with E-state index in [0.717, 1.165) is 50.4 Å². The third kappa shape index (κ3) is 2.46. The molecule has 0 saturated carbocycles. The molecule has 2 aromatic rings. The van der Waals surface area contributed by atoms with Crippen molar-refractivity contribution in [2.45, 2.75) is 31.7 Å². The van der Waals surface area contributed by atoms with Gasteiger partial charge in [-0.15, -0.1) is 0 Å². The van der Waals surface area contributed by atoms with Crippen LogP contribution in [0.15, 0.2) is 29.1 Å². The van der Waals surface area contributed by atoms with E-state index < -0.39 is 0 Å². The van der Waals surface area contributed by atoms with Gasteiger partial charge in [-0.25, -0.2) is 4.98 Å². The Morgan fingerprint density at radius 2 is 1.83 bits per heavy atom. The zero-order valence-corrected chi connectivity index (χ0v) is 13.9. The van der Waals surface area contributed by atoms with Gasteiger partial charge in [0, 0.05) is 39.1 Å². The fourth-order valence-electron chi connectivity index (χ4n) is 3.92. The van der Waals surface area contributed by atoms with Gasteiger partial charge in [0.1, 0.15) is 0 Å². The number of carbonyl (C=O) groups is 1. The van der Waals surface area contributed by atoms with Gasteiger partial charge in [-0.2, -0.15) is 0 Å². The summed E-state index contributed by atoms with van der Waals surface area (Å²) in [6.07, 6.45) is 3.56. The van der Waals surface area contributed by atoms with Crippen LogP contribution in [0.3, 0.4) is 0 Å². The summed E-state index contributed by atoms with van der Waals surface area (Å²) in [5.74, 6) is 1.02. The van der Waals surface area contributed by atoms with E-state index in [-0.39, 0.29) is 5.56 Å². The van der Waals surface area contributed by atoms with Gasteiger partial charge in [-0.3, -0.25) is 14.2 Å². The van der Waals surface area contributed by atoms with Gasteiger partial charge in [-0.05, 0) is 31.4 Å². The Morgan fingerprint density at radius 1 is 1.08 bits per heavy atom. The van der Waals surface area contributed by atoms with Crippen molar-refractivity contribution in [3.63, 3.8) is 0 Å². The number of anilines is 1. The predicted molar refractivity (Wildman–Crippen MR) is 93.2 cm³/mol. The highest BCUT2D eigenvalue weighted by Gasteiger charge is 2.31. The molecule has 0 atom stereocenters. The predicted octanol–water partition coefficient (Wildman–Crippen LogP) is 1.52. The van der Waals surface area contributed by atoms with Crippen molar-refractivity contribution >= 4 is 22.8 Å². The Labute approximate surface area is 140 Å². The number of para-hydroxylation sites is 1. The van der Waals surface area contributed by atoms with E-state index in [1.54, 1.807) is 11.6 Å². The van der Waals surface area contributed by atoms with E-state index in [1.165, 1.54) is 0 Å². The molecule has 126 valence electrons. The number of carbonyl (C=O) groups excluding carboxylic acids is 1. The SMILES string of the molecule is Cn1c(N2CCC(N3CCCC3=O)CC2)nc2ccccc2c1=O. The first kappa shape index (κ1) is 15.2. The maximum atomic E-state index is 12.6. The standard InChI is InChI=1S/C18H22N4O2/c1-20-17(24)14-5-2-3-6-15(14)19-18(20)21-11-8-13(9-12-21)22-10-4-7-16(22)23/h2-3,5-6,13H,4,7-12H2,1H3. The van der Waals surface area contributed by atoms with Crippen molar-refractivity contribution in [3.8, 4) is 0 Å². The lowest BCUT2D eigenvalue weighted by Gasteiger charge is -2.37. The normalized spacial score (nSPS) is 19.5. The quantitative estimate of drug-likeness (QED) is 0.840. The molecule has 0 unspecified atom stereocenters. The van der Waals surface area contributed by atoms with E-state index >= 15 is 0 Å². The molecule has 0 radical (unpaired) electrons. The molecule has 2 aliphatic rings. The second kappa shape index (κ2) is 5.92. The number of benzene rings is 1. The average Bonchev–Trinajstić information content (AvgIpc) is 3.04. The Morgan fingerprint density at radius 3 is 2.54 bits per heavy atom. The van der Waals surface area contributed by atoms with Crippen LogP contribution in [0.1, 0.15) is 25.7 Å². The van der Waals surface area contributed by atoms with Crippen molar-refractivity contribution in [1.82, 2.24) is 14.5 Å². The second-order valence-corrected chi connectivity index (χ2v) is 6.70. The monoisotopic (exact) mass is 326 g/mol. The Balaban J connectivity index is 1.57. The van der Waals surface area contributed by atoms with Crippen molar-refractivity contribution in [2.75, 3.05) is 24.5 Å². The smallest absolute Gasteiger partial charge is 0.262 e. The van der Waals surface area contributed by atoms with Crippen LogP contribution in [0, 0.1) is 0 Å². The number of hydrogen-bond acceptors (Lipinski definition) is 4. The van der Waals surface area contributed by atoms with Gasteiger partial charge in [0.25, 0.3) is 5.56 Å². The minimum absolute atomic E-state index is 0.00700. The highest BCUT2D eigenvalue weighted by atomic mass is 16.2. The molecule has 0 aliphatic carbocycles. The second-order valence-electron chi connectivity index (χ2n) is 6.70. The lowest BCUT2D eigenvalue weighted by Crippen LogP contribution is -2.46. The van der Waals surface area contributed by atoms with Crippen molar-refractivity contribution < 1.29 is 4.79 Å². The minimum Gasteiger partial charge on any atom is -0.342 e. The van der Waals surface area contributed by atoms with Crippen LogP contribution in [0.4, 0.5) is 5.95 Å². The van der Waals surface area contributed by atoms with E-state index in [0.29, 0.717) is 23.8 Å². The van der Waals surface area contributed by atoms with Gasteiger partial charge in [0.2, 0.25) is 11.9 Å². The Bertz CT molecular complexity index is 837. The summed E-state index contributed by atoms with van der Waals surface area (Å²) < 4.78 is 1.64. The number of fused-ring (bicyclic) bond motifs is 1. The fraction of sp³-hybridized carbons (Fsp3) is 0.500. The third-order valence-electron chi connectivity index (χ3n) is 5.26. The summed E-state index contributed by atoms with van der Waals surface area (Å²) in [7, 11) is 1.78. The molecule has 1 aromatic heterocycles. The molecule has 4 rings (SSSR count). The number of amides is 1. The first-order valence-corrected chi connectivity index (χ1v) is 8.65. The first-order chi connectivity index (χ1) is 11.6. The summed E-state index contributed by atoms with van der Waals surface area (Å²) in [6.45, 7) is 2.55. The maximum Gasteiger partial charge on any atom is 0.262 e. The topological polar surface area (TPSA) is 58.4 Å². The van der Waals surface area contributed by atoms with Gasteiger partial charge >= 0.3 is 0 Å². The molecule has 2 fully saturated rings. The molecule has 6 heteroatoms. The largest absolute Gasteiger partial charge is 0.342 e. The highest BCUT2D eigenvalue weighted by molar-refractivity contribution is 5.79. The molecule has 0 spiro atoms. The molecule has 1 aromatic carbocycles. The maximum absolute atomic E-state index is 12.6. The van der Waals surface area contributed by atoms with Crippen molar-refractivity contribution in [3.05, 3.63) is 34.6 Å². The highest BCUT2D eigenvalue weighted by Crippen LogP contribution is 2.24. The Kier molecular flexibility index (Phi) is 3.75. The van der Waals surface area contributed by atoms with Crippen LogP contribution in [-0.2, 0) is 11.8 Å². The van der Waals surface area contributed by atoms with Crippen LogP contribution < -0.4 is 10.5 Å². The van der Waals surface area contributed by atoms with Crippen LogP contribution >= 0.6 is 0 Å². The van der Waals surface area contributed by atoms with E-state index in [1.807, 2.05) is 29.2 Å². The molecule has 2 saturated heterocycles. The average molecular weight is 326 g/mol. The molecule has 24 heavy (non-hydrogen) atoms. The molecule has 3 heterocycles. The number of nitrogens with zero attached hydrogens (tertiary/aromatic N) is 4.